The molecule has 0 bridgehead atoms. The minimum absolute atomic E-state index is 0.00452. The Labute approximate surface area is 601 Å². The Kier molecular flexibility index (Phi) is 44.1. The number of nitrogens with zero attached hydrogens (tertiary/aromatic N) is 7. The number of carbonyl (C=O) groups excluding carboxylic acids is 13. The van der Waals surface area contributed by atoms with Gasteiger partial charge in [0.05, 0.1) is 6.54 Å². The monoisotopic (exact) mass is 1480 g/mol. The fourth-order valence-corrected chi connectivity index (χ4v) is 10.0. The molecule has 45 heteroatoms. The number of nitrogens with two attached hydrogens (primary N) is 14. The molecule has 38 N–H and O–H groups in total. The van der Waals surface area contributed by atoms with Gasteiger partial charge in [-0.15, -0.1) is 0 Å². The molecule has 1 fully saturated rings. The van der Waals surface area contributed by atoms with E-state index in [4.69, 9.17) is 80.3 Å². The van der Waals surface area contributed by atoms with Crippen molar-refractivity contribution >= 4 is 125 Å². The lowest BCUT2D eigenvalue weighted by atomic mass is 10.0. The van der Waals surface area contributed by atoms with E-state index >= 15 is 4.79 Å². The molecule has 1 rings (SSSR count). The maximum absolute atomic E-state index is 15.2. The molecule has 9 atom stereocenters. The van der Waals surface area contributed by atoms with Crippen LogP contribution in [0.2, 0.25) is 0 Å². The molecule has 0 aromatic rings. The van der Waals surface area contributed by atoms with E-state index in [-0.39, 0.29) is 196 Å². The van der Waals surface area contributed by atoms with Gasteiger partial charge in [-0.3, -0.25) is 92.3 Å². The van der Waals surface area contributed by atoms with E-state index in [2.05, 4.69) is 95.8 Å². The lowest BCUT2D eigenvalue weighted by Gasteiger charge is -2.30. The molecule has 0 aliphatic carbocycles. The molecular formula is C58H109N31O13S. The van der Waals surface area contributed by atoms with E-state index in [9.17, 15) is 57.5 Å². The van der Waals surface area contributed by atoms with Crippen LogP contribution >= 0.6 is 12.6 Å². The van der Waals surface area contributed by atoms with Crippen molar-refractivity contribution in [1.29, 1.82) is 0 Å². The number of rotatable bonds is 38. The molecule has 1 heterocycles. The van der Waals surface area contributed by atoms with E-state index in [0.717, 1.165) is 4.90 Å². The topological polar surface area (TPSA) is 784 Å². The first-order valence-corrected chi connectivity index (χ1v) is 34.0. The highest BCUT2D eigenvalue weighted by molar-refractivity contribution is 7.80. The Hall–Kier alpha value is -10.9. The molecule has 1 saturated heterocycles. The minimum atomic E-state index is -1.59. The standard InChI is InChI=1S/C58H109N31O13S/c1-31-45(95)83-34(13-7-23-76-55(65)66)50(100)87-38(16-10-26-79-58(71)72)52(102)89(28-27-73-41(91)17-3-2-4-18-42(92)81-32(11-5-21-74-53(61)62)47(97)86-37(46(96)80-31)19-20-40(59)90)29-43(93)82-33(12-6-22-75-54(63)64)48(98)84-35(14-8-24-77-56(67)68)49(99)85-36(15-9-25-78-57(69)70)51(101)88-39(30-103)44(60)94/h31-39,103H,2-30H2,1H3,(H2,59,90)(H2,60,94)(H,73,91)(H,80,96)(H,81,92)(H,82,93)(H,83,95)(H,84,98)(H,85,99)(H,86,97)(H,87,100)(H,88,101)(H4,61,62,74)(H4,63,64,75)(H4,65,66,76)(H4,67,68,77)(H4,69,70,78)(H4,71,72,79)/t31-,32-,33-,34-,35-,36-,37-,38-,39-/m0/s1. The predicted molar refractivity (Wildman–Crippen MR) is 387 cm³/mol. The van der Waals surface area contributed by atoms with Crippen LogP contribution in [-0.4, -0.2) is 236 Å². The number of nitrogens with one attached hydrogen (secondary N) is 10. The van der Waals surface area contributed by atoms with Gasteiger partial charge in [0.15, 0.2) is 35.8 Å². The van der Waals surface area contributed by atoms with Gasteiger partial charge in [0.25, 0.3) is 0 Å². The number of thiol groups is 1. The zero-order valence-electron chi connectivity index (χ0n) is 58.2. The van der Waals surface area contributed by atoms with Crippen LogP contribution in [-0.2, 0) is 62.3 Å². The van der Waals surface area contributed by atoms with Gasteiger partial charge in [0.2, 0.25) is 76.8 Å². The first kappa shape index (κ1) is 90.1. The molecule has 1 aliphatic rings. The van der Waals surface area contributed by atoms with Crippen molar-refractivity contribution < 1.29 is 62.3 Å². The molecule has 0 aromatic carbocycles. The smallest absolute Gasteiger partial charge is 0.245 e. The number of guanidine groups is 6. The second-order valence-electron chi connectivity index (χ2n) is 23.8. The Morgan fingerprint density at radius 1 is 0.447 bits per heavy atom. The fraction of sp³-hybridized carbons (Fsp3) is 0.672. The number of primary amides is 2. The number of amides is 13. The first-order chi connectivity index (χ1) is 48.6. The number of aliphatic imine (C=N–C) groups is 6. The van der Waals surface area contributed by atoms with Gasteiger partial charge in [-0.2, -0.15) is 12.6 Å². The van der Waals surface area contributed by atoms with Gasteiger partial charge in [0, 0.05) is 77.4 Å². The zero-order chi connectivity index (χ0) is 77.6. The molecule has 0 spiro atoms. The molecule has 13 amide bonds. The largest absolute Gasteiger partial charge is 0.370 e. The summed E-state index contributed by atoms with van der Waals surface area (Å²) >= 11 is 4.09. The van der Waals surface area contributed by atoms with Gasteiger partial charge in [-0.25, -0.2) is 0 Å². The lowest BCUT2D eigenvalue weighted by molar-refractivity contribution is -0.141. The van der Waals surface area contributed by atoms with Gasteiger partial charge in [-0.1, -0.05) is 6.42 Å². The van der Waals surface area contributed by atoms with E-state index in [0.29, 0.717) is 6.42 Å². The van der Waals surface area contributed by atoms with Crippen LogP contribution in [0.5, 0.6) is 0 Å². The average Bonchev–Trinajstić information content (AvgIpc) is 0.862. The normalized spacial score (nSPS) is 18.7. The summed E-state index contributed by atoms with van der Waals surface area (Å²) in [6.07, 6.45) is -0.837. The first-order valence-electron chi connectivity index (χ1n) is 33.4. The maximum Gasteiger partial charge on any atom is 0.245 e. The summed E-state index contributed by atoms with van der Waals surface area (Å²) in [6, 6.07) is -13.1. The SMILES string of the molecule is C[C@@H]1NC(=O)[C@H](CCC(N)=O)NC(=O)[C@H](CCCN=C(N)N)NC(=O)CCCCCC(=O)NCCN(CC(=O)N[C@@H](CCCN=C(N)N)C(=O)N[C@@H](CCCN=C(N)N)C(=O)N[C@@H](CCCN=C(N)N)C(=O)N[C@@H](CS)C(N)=O)C(=O)[C@H](CCCN=C(N)N)NC(=O)[C@H](CCCN=C(N)N)NC1=O. The van der Waals surface area contributed by atoms with Crippen LogP contribution < -0.4 is 133 Å². The second kappa shape index (κ2) is 50.4. The van der Waals surface area contributed by atoms with Gasteiger partial charge < -0.3 is 138 Å². The van der Waals surface area contributed by atoms with Crippen LogP contribution in [0.4, 0.5) is 0 Å². The van der Waals surface area contributed by atoms with E-state index < -0.39 is 151 Å². The van der Waals surface area contributed by atoms with Crippen LogP contribution in [0.1, 0.15) is 129 Å². The van der Waals surface area contributed by atoms with Crippen molar-refractivity contribution in [3.63, 3.8) is 0 Å². The van der Waals surface area contributed by atoms with Crippen molar-refractivity contribution in [1.82, 2.24) is 58.1 Å². The van der Waals surface area contributed by atoms with Crippen LogP contribution in [0.3, 0.4) is 0 Å². The lowest BCUT2D eigenvalue weighted by Crippen LogP contribution is -2.59. The third-order valence-corrected chi connectivity index (χ3v) is 15.4. The van der Waals surface area contributed by atoms with Crippen LogP contribution in [0, 0.1) is 0 Å². The number of carbonyl (C=O) groups is 13. The molecule has 1 aliphatic heterocycles. The zero-order valence-corrected chi connectivity index (χ0v) is 59.1. The van der Waals surface area contributed by atoms with Crippen molar-refractivity contribution in [2.45, 2.75) is 183 Å². The van der Waals surface area contributed by atoms with Crippen molar-refractivity contribution in [2.75, 3.05) is 64.7 Å². The van der Waals surface area contributed by atoms with E-state index in [1.165, 1.54) is 6.92 Å². The minimum Gasteiger partial charge on any atom is -0.370 e. The average molecular weight is 1480 g/mol. The summed E-state index contributed by atoms with van der Waals surface area (Å²) in [5.41, 5.74) is 77.5. The molecule has 0 unspecified atom stereocenters. The predicted octanol–water partition coefficient (Wildman–Crippen LogP) is -11.7. The number of hydrogen-bond acceptors (Lipinski definition) is 20. The number of hydrogen-bond donors (Lipinski definition) is 25. The highest BCUT2D eigenvalue weighted by Crippen LogP contribution is 2.13. The quantitative estimate of drug-likeness (QED) is 0.0118. The third-order valence-electron chi connectivity index (χ3n) is 15.1. The van der Waals surface area contributed by atoms with E-state index in [1.54, 1.807) is 0 Å². The van der Waals surface area contributed by atoms with Gasteiger partial charge >= 0.3 is 0 Å². The summed E-state index contributed by atoms with van der Waals surface area (Å²) in [5.74, 6) is -13.3. The maximum atomic E-state index is 15.2. The molecule has 0 aromatic heterocycles. The molecule has 103 heavy (non-hydrogen) atoms. The second-order valence-corrected chi connectivity index (χ2v) is 24.2. The fourth-order valence-electron chi connectivity index (χ4n) is 9.76. The molecular weight excluding hydrogens is 1370 g/mol. The Morgan fingerprint density at radius 2 is 0.806 bits per heavy atom. The molecule has 0 radical (unpaired) electrons. The summed E-state index contributed by atoms with van der Waals surface area (Å²) in [5, 5.41) is 25.8. The highest BCUT2D eigenvalue weighted by Gasteiger charge is 2.36. The van der Waals surface area contributed by atoms with Crippen molar-refractivity contribution in [3.05, 3.63) is 0 Å². The Morgan fingerprint density at radius 3 is 1.22 bits per heavy atom. The highest BCUT2D eigenvalue weighted by atomic mass is 32.1. The summed E-state index contributed by atoms with van der Waals surface area (Å²) < 4.78 is 0. The van der Waals surface area contributed by atoms with Crippen LogP contribution in [0.15, 0.2) is 30.0 Å². The third kappa shape index (κ3) is 41.4. The van der Waals surface area contributed by atoms with E-state index in [1.807, 2.05) is 0 Å². The van der Waals surface area contributed by atoms with Gasteiger partial charge in [0.1, 0.15) is 54.4 Å². The van der Waals surface area contributed by atoms with Crippen molar-refractivity contribution in [2.24, 2.45) is 110 Å². The summed E-state index contributed by atoms with van der Waals surface area (Å²) in [6.45, 7) is -0.620. The Bertz CT molecular complexity index is 3000. The summed E-state index contributed by atoms with van der Waals surface area (Å²) in [4.78, 5) is 205. The van der Waals surface area contributed by atoms with Crippen molar-refractivity contribution in [3.8, 4) is 0 Å². The molecule has 0 saturated carbocycles. The molecule has 580 valence electrons. The summed E-state index contributed by atoms with van der Waals surface area (Å²) in [7, 11) is 0. The van der Waals surface area contributed by atoms with Gasteiger partial charge in [-0.05, 0) is 103 Å². The Balaban J connectivity index is 4.12. The van der Waals surface area contributed by atoms with Crippen LogP contribution in [0.25, 0.3) is 0 Å². The molecule has 44 nitrogen and oxygen atoms in total.